The second kappa shape index (κ2) is 8.56. The number of phenols is 1. The van der Waals surface area contributed by atoms with Gasteiger partial charge in [-0.1, -0.05) is 6.08 Å². The molecular weight excluding hydrogens is 392 g/mol. The van der Waals surface area contributed by atoms with Crippen molar-refractivity contribution in [2.75, 3.05) is 14.2 Å². The van der Waals surface area contributed by atoms with Crippen LogP contribution >= 0.6 is 0 Å². The highest BCUT2D eigenvalue weighted by molar-refractivity contribution is 6.13. The number of allylic oxidation sites excluding steroid dienone is 1. The van der Waals surface area contributed by atoms with Gasteiger partial charge in [0.15, 0.2) is 11.5 Å². The summed E-state index contributed by atoms with van der Waals surface area (Å²) in [5, 5.41) is 12.7. The molecule has 0 bridgehead atoms. The molecule has 1 aliphatic rings. The molecule has 1 saturated heterocycles. The Labute approximate surface area is 172 Å². The van der Waals surface area contributed by atoms with Gasteiger partial charge in [0, 0.05) is 5.56 Å². The molecule has 0 atom stereocenters. The predicted molar refractivity (Wildman–Crippen MR) is 106 cm³/mol. The van der Waals surface area contributed by atoms with Gasteiger partial charge in [0.05, 0.1) is 20.8 Å². The minimum Gasteiger partial charge on any atom is -0.504 e. The van der Waals surface area contributed by atoms with Gasteiger partial charge in [0.2, 0.25) is 5.76 Å². The molecule has 1 aromatic heterocycles. The van der Waals surface area contributed by atoms with Crippen LogP contribution in [0.5, 0.6) is 11.5 Å². The number of methoxy groups -OCH3 is 2. The average Bonchev–Trinajstić information content (AvgIpc) is 3.30. The number of esters is 1. The fourth-order valence-corrected chi connectivity index (χ4v) is 2.95. The molecule has 0 saturated carbocycles. The zero-order valence-corrected chi connectivity index (χ0v) is 16.4. The predicted octanol–water partition coefficient (Wildman–Crippen LogP) is 2.60. The quantitative estimate of drug-likeness (QED) is 0.311. The number of hydrogen-bond acceptors (Lipinski definition) is 7. The van der Waals surface area contributed by atoms with Crippen molar-refractivity contribution in [1.82, 2.24) is 10.2 Å². The highest BCUT2D eigenvalue weighted by Crippen LogP contribution is 2.33. The molecule has 156 valence electrons. The van der Waals surface area contributed by atoms with E-state index in [-0.39, 0.29) is 35.3 Å². The van der Waals surface area contributed by atoms with Crippen LogP contribution in [0.15, 0.2) is 47.0 Å². The van der Waals surface area contributed by atoms with Crippen molar-refractivity contribution in [3.8, 4) is 11.5 Å². The topological polar surface area (TPSA) is 118 Å². The summed E-state index contributed by atoms with van der Waals surface area (Å²) in [6.45, 7) is 3.50. The lowest BCUT2D eigenvalue weighted by Crippen LogP contribution is -2.30. The van der Waals surface area contributed by atoms with Gasteiger partial charge in [-0.2, -0.15) is 0 Å². The van der Waals surface area contributed by atoms with Crippen LogP contribution in [0.2, 0.25) is 0 Å². The van der Waals surface area contributed by atoms with Crippen molar-refractivity contribution in [3.63, 3.8) is 0 Å². The summed E-state index contributed by atoms with van der Waals surface area (Å²) in [6, 6.07) is 5.48. The van der Waals surface area contributed by atoms with Crippen molar-refractivity contribution in [3.05, 3.63) is 65.3 Å². The Morgan fingerprint density at radius 2 is 2.07 bits per heavy atom. The number of amides is 3. The summed E-state index contributed by atoms with van der Waals surface area (Å²) in [5.74, 6) is -0.770. The number of furan rings is 1. The minimum absolute atomic E-state index is 0.0119. The summed E-state index contributed by atoms with van der Waals surface area (Å²) in [7, 11) is 2.64. The molecule has 2 N–H and O–H groups in total. The molecule has 0 radical (unpaired) electrons. The number of phenolic OH excluding ortho intramolecular Hbond substituents is 1. The SMILES string of the molecule is C=CCc1cc(/C=C2\NC(=O)N(Cc3ccc(C(=O)OC)o3)C2=O)cc(OC)c1O. The number of hydrogen-bond donors (Lipinski definition) is 2. The smallest absolute Gasteiger partial charge is 0.373 e. The third kappa shape index (κ3) is 4.04. The second-order valence-corrected chi connectivity index (χ2v) is 6.36. The molecular formula is C21H20N2O7. The van der Waals surface area contributed by atoms with Crippen LogP contribution < -0.4 is 10.1 Å². The molecule has 3 amide bonds. The lowest BCUT2D eigenvalue weighted by atomic mass is 10.0. The van der Waals surface area contributed by atoms with Gasteiger partial charge in [0.25, 0.3) is 5.91 Å². The van der Waals surface area contributed by atoms with E-state index in [9.17, 15) is 19.5 Å². The van der Waals surface area contributed by atoms with Gasteiger partial charge >= 0.3 is 12.0 Å². The zero-order chi connectivity index (χ0) is 21.8. The molecule has 0 unspecified atom stereocenters. The first kappa shape index (κ1) is 20.7. The molecule has 2 heterocycles. The standard InChI is InChI=1S/C21H20N2O7/c1-4-5-13-8-12(10-17(28-2)18(13)24)9-15-19(25)23(21(27)22-15)11-14-6-7-16(30-14)20(26)29-3/h4,6-10,24H,1,5,11H2,2-3H3,(H,22,27)/b15-9-. The number of ether oxygens (including phenoxy) is 2. The molecule has 30 heavy (non-hydrogen) atoms. The van der Waals surface area contributed by atoms with E-state index in [1.54, 1.807) is 18.2 Å². The number of carbonyl (C=O) groups is 3. The number of nitrogens with zero attached hydrogens (tertiary/aromatic N) is 1. The molecule has 1 fully saturated rings. The highest BCUT2D eigenvalue weighted by Gasteiger charge is 2.34. The minimum atomic E-state index is -0.657. The van der Waals surface area contributed by atoms with Crippen LogP contribution in [-0.2, 0) is 22.5 Å². The molecule has 3 rings (SSSR count). The van der Waals surface area contributed by atoms with Crippen molar-refractivity contribution in [2.24, 2.45) is 0 Å². The van der Waals surface area contributed by atoms with E-state index in [1.165, 1.54) is 32.4 Å². The Hall–Kier alpha value is -4.01. The fraction of sp³-hybridized carbons (Fsp3) is 0.190. The number of imide groups is 1. The largest absolute Gasteiger partial charge is 0.504 e. The maximum Gasteiger partial charge on any atom is 0.373 e. The van der Waals surface area contributed by atoms with Crippen LogP contribution in [0.25, 0.3) is 6.08 Å². The van der Waals surface area contributed by atoms with Crippen molar-refractivity contribution in [1.29, 1.82) is 0 Å². The van der Waals surface area contributed by atoms with E-state index in [0.29, 0.717) is 17.5 Å². The fourth-order valence-electron chi connectivity index (χ4n) is 2.95. The van der Waals surface area contributed by atoms with Gasteiger partial charge < -0.3 is 24.3 Å². The summed E-state index contributed by atoms with van der Waals surface area (Å²) < 4.78 is 15.0. The van der Waals surface area contributed by atoms with Gasteiger partial charge in [-0.05, 0) is 42.3 Å². The number of aromatic hydroxyl groups is 1. The Balaban J connectivity index is 1.84. The number of rotatable bonds is 7. The number of urea groups is 1. The van der Waals surface area contributed by atoms with E-state index in [4.69, 9.17) is 9.15 Å². The molecule has 1 aromatic carbocycles. The summed E-state index contributed by atoms with van der Waals surface area (Å²) >= 11 is 0. The Morgan fingerprint density at radius 3 is 2.73 bits per heavy atom. The van der Waals surface area contributed by atoms with Crippen LogP contribution in [0, 0.1) is 0 Å². The van der Waals surface area contributed by atoms with Crippen LogP contribution in [-0.4, -0.2) is 42.1 Å². The van der Waals surface area contributed by atoms with E-state index >= 15 is 0 Å². The van der Waals surface area contributed by atoms with Crippen LogP contribution in [0.3, 0.4) is 0 Å². The maximum absolute atomic E-state index is 12.7. The van der Waals surface area contributed by atoms with Gasteiger partial charge in [-0.25, -0.2) is 9.59 Å². The second-order valence-electron chi connectivity index (χ2n) is 6.36. The third-order valence-electron chi connectivity index (χ3n) is 4.40. The molecule has 9 heteroatoms. The molecule has 9 nitrogen and oxygen atoms in total. The van der Waals surface area contributed by atoms with Gasteiger partial charge in [-0.15, -0.1) is 6.58 Å². The average molecular weight is 412 g/mol. The lowest BCUT2D eigenvalue weighted by molar-refractivity contribution is -0.123. The highest BCUT2D eigenvalue weighted by atomic mass is 16.5. The number of nitrogens with one attached hydrogen (secondary N) is 1. The molecule has 0 spiro atoms. The van der Waals surface area contributed by atoms with E-state index in [0.717, 1.165) is 4.90 Å². The molecule has 1 aliphatic heterocycles. The van der Waals surface area contributed by atoms with Crippen molar-refractivity contribution >= 4 is 24.0 Å². The zero-order valence-electron chi connectivity index (χ0n) is 16.4. The van der Waals surface area contributed by atoms with Crippen molar-refractivity contribution in [2.45, 2.75) is 13.0 Å². The normalized spacial score (nSPS) is 14.7. The van der Waals surface area contributed by atoms with Crippen molar-refractivity contribution < 1.29 is 33.4 Å². The lowest BCUT2D eigenvalue weighted by Gasteiger charge is -2.10. The third-order valence-corrected chi connectivity index (χ3v) is 4.40. The molecule has 2 aromatic rings. The Morgan fingerprint density at radius 1 is 1.30 bits per heavy atom. The van der Waals surface area contributed by atoms with Crippen LogP contribution in [0.4, 0.5) is 4.79 Å². The number of carbonyl (C=O) groups excluding carboxylic acids is 3. The van der Waals surface area contributed by atoms with Gasteiger partial charge in [0.1, 0.15) is 11.5 Å². The number of benzene rings is 1. The first-order valence-electron chi connectivity index (χ1n) is 8.90. The Kier molecular flexibility index (Phi) is 5.91. The summed E-state index contributed by atoms with van der Waals surface area (Å²) in [5.41, 5.74) is 1.17. The van der Waals surface area contributed by atoms with E-state index in [2.05, 4.69) is 16.6 Å². The van der Waals surface area contributed by atoms with E-state index in [1.807, 2.05) is 0 Å². The molecule has 0 aliphatic carbocycles. The summed E-state index contributed by atoms with van der Waals surface area (Å²) in [6.07, 6.45) is 3.51. The first-order valence-corrected chi connectivity index (χ1v) is 8.90. The van der Waals surface area contributed by atoms with Crippen LogP contribution in [0.1, 0.15) is 27.4 Å². The maximum atomic E-state index is 12.7. The van der Waals surface area contributed by atoms with E-state index < -0.39 is 17.9 Å². The summed E-state index contributed by atoms with van der Waals surface area (Å²) in [4.78, 5) is 37.4. The Bertz CT molecular complexity index is 1050. The van der Waals surface area contributed by atoms with Gasteiger partial charge in [-0.3, -0.25) is 9.69 Å². The first-order chi connectivity index (χ1) is 14.4. The monoisotopic (exact) mass is 412 g/mol.